The second-order valence-corrected chi connectivity index (χ2v) is 3.91. The average molecular weight is 266 g/mol. The quantitative estimate of drug-likeness (QED) is 0.899. The fourth-order valence-corrected chi connectivity index (χ4v) is 1.67. The maximum absolute atomic E-state index is 12.0. The van der Waals surface area contributed by atoms with Crippen LogP contribution in [0.1, 0.15) is 11.3 Å². The summed E-state index contributed by atoms with van der Waals surface area (Å²) in [5.41, 5.74) is 2.57. The number of ether oxygens (including phenoxy) is 1. The Morgan fingerprint density at radius 1 is 1.21 bits per heavy atom. The molecular formula is C13H9F3N2O. The van der Waals surface area contributed by atoms with Crippen molar-refractivity contribution in [3.63, 3.8) is 0 Å². The molecule has 1 aromatic heterocycles. The molecule has 0 radical (unpaired) electrons. The Morgan fingerprint density at radius 2 is 1.84 bits per heavy atom. The zero-order valence-electron chi connectivity index (χ0n) is 9.88. The van der Waals surface area contributed by atoms with Crippen molar-refractivity contribution in [2.45, 2.75) is 13.3 Å². The van der Waals surface area contributed by atoms with Gasteiger partial charge < -0.3 is 9.72 Å². The van der Waals surface area contributed by atoms with E-state index in [4.69, 9.17) is 5.26 Å². The van der Waals surface area contributed by atoms with E-state index in [2.05, 4.69) is 9.72 Å². The van der Waals surface area contributed by atoms with Crippen molar-refractivity contribution in [2.75, 3.05) is 0 Å². The minimum Gasteiger partial charge on any atom is -0.406 e. The number of alkyl halides is 3. The predicted octanol–water partition coefficient (Wildman–Crippen LogP) is 3.76. The molecule has 1 N–H and O–H groups in total. The molecule has 6 heteroatoms. The summed E-state index contributed by atoms with van der Waals surface area (Å²) < 4.78 is 39.8. The van der Waals surface area contributed by atoms with E-state index < -0.39 is 6.36 Å². The summed E-state index contributed by atoms with van der Waals surface area (Å²) in [6.45, 7) is 1.75. The third kappa shape index (κ3) is 3.07. The molecule has 0 fully saturated rings. The van der Waals surface area contributed by atoms with Gasteiger partial charge in [0.25, 0.3) is 0 Å². The van der Waals surface area contributed by atoms with Gasteiger partial charge in [-0.2, -0.15) is 5.26 Å². The second-order valence-electron chi connectivity index (χ2n) is 3.91. The van der Waals surface area contributed by atoms with Crippen LogP contribution in [-0.2, 0) is 0 Å². The van der Waals surface area contributed by atoms with E-state index in [0.29, 0.717) is 22.5 Å². The molecule has 0 atom stereocenters. The first-order valence-corrected chi connectivity index (χ1v) is 5.35. The lowest BCUT2D eigenvalue weighted by Crippen LogP contribution is -2.16. The van der Waals surface area contributed by atoms with Crippen LogP contribution in [0.5, 0.6) is 5.75 Å². The smallest absolute Gasteiger partial charge is 0.406 e. The van der Waals surface area contributed by atoms with Crippen LogP contribution >= 0.6 is 0 Å². The van der Waals surface area contributed by atoms with Crippen LogP contribution in [0.2, 0.25) is 0 Å². The fourth-order valence-electron chi connectivity index (χ4n) is 1.67. The van der Waals surface area contributed by atoms with Crippen molar-refractivity contribution >= 4 is 0 Å². The van der Waals surface area contributed by atoms with Crippen LogP contribution in [0.4, 0.5) is 13.2 Å². The third-order valence-corrected chi connectivity index (χ3v) is 2.53. The summed E-state index contributed by atoms with van der Waals surface area (Å²) in [6.07, 6.45) is -4.70. The molecule has 0 amide bonds. The highest BCUT2D eigenvalue weighted by Gasteiger charge is 2.30. The number of aromatic amines is 1. The molecule has 0 saturated carbocycles. The number of aryl methyl sites for hydroxylation is 1. The molecule has 0 spiro atoms. The highest BCUT2D eigenvalue weighted by molar-refractivity contribution is 5.63. The maximum atomic E-state index is 12.0. The second kappa shape index (κ2) is 4.69. The van der Waals surface area contributed by atoms with Crippen LogP contribution in [0.15, 0.2) is 30.3 Å². The lowest BCUT2D eigenvalue weighted by Gasteiger charge is -2.08. The number of halogens is 3. The summed E-state index contributed by atoms with van der Waals surface area (Å²) in [5.74, 6) is -0.278. The number of H-pyrrole nitrogens is 1. The van der Waals surface area contributed by atoms with E-state index >= 15 is 0 Å². The molecule has 0 aliphatic rings. The maximum Gasteiger partial charge on any atom is 0.573 e. The Hall–Kier alpha value is -2.42. The molecule has 3 nitrogen and oxygen atoms in total. The third-order valence-electron chi connectivity index (χ3n) is 2.53. The van der Waals surface area contributed by atoms with Gasteiger partial charge in [0.2, 0.25) is 0 Å². The van der Waals surface area contributed by atoms with Crippen molar-refractivity contribution in [2.24, 2.45) is 0 Å². The highest BCUT2D eigenvalue weighted by atomic mass is 19.4. The van der Waals surface area contributed by atoms with Crippen LogP contribution in [-0.4, -0.2) is 11.3 Å². The number of nitrogens with one attached hydrogen (secondary N) is 1. The first-order valence-electron chi connectivity index (χ1n) is 5.35. The van der Waals surface area contributed by atoms with Crippen LogP contribution < -0.4 is 4.74 Å². The van der Waals surface area contributed by atoms with Gasteiger partial charge >= 0.3 is 6.36 Å². The summed E-state index contributed by atoms with van der Waals surface area (Å²) >= 11 is 0. The Morgan fingerprint density at radius 3 is 2.32 bits per heavy atom. The molecule has 0 saturated heterocycles. The number of aromatic nitrogens is 1. The van der Waals surface area contributed by atoms with Crippen molar-refractivity contribution in [1.82, 2.24) is 4.98 Å². The molecule has 0 bridgehead atoms. The standard InChI is InChI=1S/C13H9F3N2O/c1-8-10(7-17)6-12(18-8)9-2-4-11(5-3-9)19-13(14,15)16/h2-6,18H,1H3. The molecule has 0 aliphatic heterocycles. The van der Waals surface area contributed by atoms with E-state index in [0.717, 1.165) is 0 Å². The van der Waals surface area contributed by atoms with Gasteiger partial charge in [0.05, 0.1) is 5.56 Å². The highest BCUT2D eigenvalue weighted by Crippen LogP contribution is 2.27. The van der Waals surface area contributed by atoms with Gasteiger partial charge in [-0.15, -0.1) is 13.2 Å². The summed E-state index contributed by atoms with van der Waals surface area (Å²) in [7, 11) is 0. The zero-order valence-corrected chi connectivity index (χ0v) is 9.88. The average Bonchev–Trinajstić information content (AvgIpc) is 2.69. The predicted molar refractivity (Wildman–Crippen MR) is 62.4 cm³/mol. The number of benzene rings is 1. The van der Waals surface area contributed by atoms with E-state index in [9.17, 15) is 13.2 Å². The molecule has 19 heavy (non-hydrogen) atoms. The number of nitrogens with zero attached hydrogens (tertiary/aromatic N) is 1. The Kier molecular flexibility index (Phi) is 3.21. The Labute approximate surface area is 107 Å². The summed E-state index contributed by atoms with van der Waals surface area (Å²) in [6, 6.07) is 9.11. The Balaban J connectivity index is 2.25. The largest absolute Gasteiger partial charge is 0.573 e. The van der Waals surface area contributed by atoms with Crippen molar-refractivity contribution in [1.29, 1.82) is 5.26 Å². The molecule has 2 aromatic rings. The number of hydrogen-bond acceptors (Lipinski definition) is 2. The molecule has 0 aliphatic carbocycles. The molecular weight excluding hydrogens is 257 g/mol. The molecule has 0 unspecified atom stereocenters. The van der Waals surface area contributed by atoms with Crippen molar-refractivity contribution < 1.29 is 17.9 Å². The van der Waals surface area contributed by atoms with Gasteiger partial charge in [0, 0.05) is 11.4 Å². The van der Waals surface area contributed by atoms with Crippen molar-refractivity contribution in [3.8, 4) is 23.1 Å². The number of rotatable bonds is 2. The van der Waals surface area contributed by atoms with E-state index in [1.807, 2.05) is 6.07 Å². The molecule has 2 rings (SSSR count). The first kappa shape index (κ1) is 13.0. The minimum atomic E-state index is -4.70. The normalized spacial score (nSPS) is 11.1. The first-order chi connectivity index (χ1) is 8.89. The molecule has 1 aromatic carbocycles. The Bertz CT molecular complexity index is 621. The van der Waals surface area contributed by atoms with Crippen LogP contribution in [0.3, 0.4) is 0 Å². The van der Waals surface area contributed by atoms with Gasteiger partial charge in [-0.25, -0.2) is 0 Å². The van der Waals surface area contributed by atoms with Crippen LogP contribution in [0, 0.1) is 18.3 Å². The van der Waals surface area contributed by atoms with E-state index in [1.165, 1.54) is 24.3 Å². The molecule has 1 heterocycles. The van der Waals surface area contributed by atoms with E-state index in [1.54, 1.807) is 13.0 Å². The van der Waals surface area contributed by atoms with Gasteiger partial charge in [-0.3, -0.25) is 0 Å². The number of nitriles is 1. The minimum absolute atomic E-state index is 0.278. The van der Waals surface area contributed by atoms with Crippen LogP contribution in [0.25, 0.3) is 11.3 Å². The summed E-state index contributed by atoms with van der Waals surface area (Å²) in [4.78, 5) is 2.99. The van der Waals surface area contributed by atoms with Gasteiger partial charge in [-0.1, -0.05) is 0 Å². The lowest BCUT2D eigenvalue weighted by molar-refractivity contribution is -0.274. The van der Waals surface area contributed by atoms with Crippen molar-refractivity contribution in [3.05, 3.63) is 41.6 Å². The molecule has 98 valence electrons. The summed E-state index contributed by atoms with van der Waals surface area (Å²) in [5, 5.41) is 8.84. The van der Waals surface area contributed by atoms with E-state index in [-0.39, 0.29) is 5.75 Å². The van der Waals surface area contributed by atoms with Gasteiger partial charge in [0.1, 0.15) is 11.8 Å². The monoisotopic (exact) mass is 266 g/mol. The zero-order chi connectivity index (χ0) is 14.0. The lowest BCUT2D eigenvalue weighted by atomic mass is 10.1. The SMILES string of the molecule is Cc1[nH]c(-c2ccc(OC(F)(F)F)cc2)cc1C#N. The fraction of sp³-hybridized carbons (Fsp3) is 0.154. The topological polar surface area (TPSA) is 48.8 Å². The van der Waals surface area contributed by atoms with Gasteiger partial charge in [0.15, 0.2) is 0 Å². The number of hydrogen-bond donors (Lipinski definition) is 1. The van der Waals surface area contributed by atoms with Gasteiger partial charge in [-0.05, 0) is 42.8 Å².